The Morgan fingerprint density at radius 3 is 2.65 bits per heavy atom. The van der Waals surface area contributed by atoms with Crippen molar-refractivity contribution in [1.29, 1.82) is 0 Å². The molecule has 2 aliphatic rings. The third kappa shape index (κ3) is 3.23. The van der Waals surface area contributed by atoms with Gasteiger partial charge in [0.05, 0.1) is 24.7 Å². The van der Waals surface area contributed by atoms with Crippen LogP contribution in [0, 0.1) is 5.41 Å². The Morgan fingerprint density at radius 1 is 1.35 bits per heavy atom. The molecule has 1 aliphatic carbocycles. The van der Waals surface area contributed by atoms with E-state index < -0.39 is 11.4 Å². The van der Waals surface area contributed by atoms with E-state index in [1.54, 1.807) is 4.90 Å². The quantitative estimate of drug-likeness (QED) is 0.822. The van der Waals surface area contributed by atoms with Gasteiger partial charge in [-0.05, 0) is 19.8 Å². The first-order chi connectivity index (χ1) is 9.55. The average molecular weight is 284 g/mol. The lowest BCUT2D eigenvalue weighted by Crippen LogP contribution is -2.54. The van der Waals surface area contributed by atoms with Gasteiger partial charge >= 0.3 is 12.0 Å². The summed E-state index contributed by atoms with van der Waals surface area (Å²) in [5.41, 5.74) is -0.774. The van der Waals surface area contributed by atoms with Gasteiger partial charge in [-0.15, -0.1) is 0 Å². The summed E-state index contributed by atoms with van der Waals surface area (Å²) in [5.74, 6) is -0.785. The first kappa shape index (κ1) is 15.1. The number of hydrogen-bond donors (Lipinski definition) is 2. The second kappa shape index (κ2) is 6.43. The maximum absolute atomic E-state index is 12.2. The van der Waals surface area contributed by atoms with Crippen molar-refractivity contribution in [2.45, 2.75) is 45.1 Å². The maximum Gasteiger partial charge on any atom is 0.317 e. The van der Waals surface area contributed by atoms with Crippen LogP contribution < -0.4 is 5.32 Å². The van der Waals surface area contributed by atoms with Crippen molar-refractivity contribution in [3.8, 4) is 0 Å². The Bertz CT molecular complexity index is 366. The summed E-state index contributed by atoms with van der Waals surface area (Å²) in [6, 6.07) is -0.136. The van der Waals surface area contributed by atoms with E-state index in [0.29, 0.717) is 32.6 Å². The molecule has 2 rings (SSSR count). The molecular weight excluding hydrogens is 260 g/mol. The number of amides is 2. The number of carbonyl (C=O) groups excluding carboxylic acids is 1. The summed E-state index contributed by atoms with van der Waals surface area (Å²) >= 11 is 0. The second-order valence-electron chi connectivity index (χ2n) is 5.92. The summed E-state index contributed by atoms with van der Waals surface area (Å²) < 4.78 is 5.30. The number of ether oxygens (including phenoxy) is 1. The number of rotatable bonds is 3. The number of carbonyl (C=O) groups is 2. The Hall–Kier alpha value is -1.30. The number of carboxylic acids is 1. The highest BCUT2D eigenvalue weighted by molar-refractivity contribution is 5.78. The molecule has 1 saturated carbocycles. The average Bonchev–Trinajstić information content (AvgIpc) is 2.46. The van der Waals surface area contributed by atoms with Crippen LogP contribution in [0.1, 0.15) is 39.0 Å². The zero-order valence-electron chi connectivity index (χ0n) is 12.1. The van der Waals surface area contributed by atoms with E-state index in [1.165, 1.54) is 0 Å². The summed E-state index contributed by atoms with van der Waals surface area (Å²) in [6.07, 6.45) is 4.25. The van der Waals surface area contributed by atoms with E-state index in [-0.39, 0.29) is 18.6 Å². The minimum atomic E-state index is -0.785. The third-order valence-corrected chi connectivity index (χ3v) is 4.47. The number of morpholine rings is 1. The fourth-order valence-corrected chi connectivity index (χ4v) is 3.07. The van der Waals surface area contributed by atoms with Crippen molar-refractivity contribution in [2.24, 2.45) is 5.41 Å². The second-order valence-corrected chi connectivity index (χ2v) is 5.92. The van der Waals surface area contributed by atoms with Crippen LogP contribution in [0.5, 0.6) is 0 Å². The standard InChI is InChI=1S/C14H24N2O4/c1-11-9-20-8-7-16(11)13(19)15-10-14(12(17)18)5-3-2-4-6-14/h11H,2-10H2,1H3,(H,15,19)(H,17,18). The van der Waals surface area contributed by atoms with Gasteiger partial charge < -0.3 is 20.1 Å². The van der Waals surface area contributed by atoms with Crippen LogP contribution in [0.2, 0.25) is 0 Å². The van der Waals surface area contributed by atoms with E-state index in [1.807, 2.05) is 6.92 Å². The first-order valence-electron chi connectivity index (χ1n) is 7.41. The van der Waals surface area contributed by atoms with Crippen LogP contribution >= 0.6 is 0 Å². The number of hydrogen-bond acceptors (Lipinski definition) is 3. The van der Waals surface area contributed by atoms with Crippen LogP contribution in [0.15, 0.2) is 0 Å². The van der Waals surface area contributed by atoms with Crippen LogP contribution in [0.25, 0.3) is 0 Å². The van der Waals surface area contributed by atoms with Crippen molar-refractivity contribution >= 4 is 12.0 Å². The fraction of sp³-hybridized carbons (Fsp3) is 0.857. The van der Waals surface area contributed by atoms with E-state index in [2.05, 4.69) is 5.32 Å². The first-order valence-corrected chi connectivity index (χ1v) is 7.41. The molecule has 0 bridgehead atoms. The van der Waals surface area contributed by atoms with Crippen molar-refractivity contribution in [2.75, 3.05) is 26.3 Å². The lowest BCUT2D eigenvalue weighted by Gasteiger charge is -2.36. The molecule has 1 aliphatic heterocycles. The molecule has 2 fully saturated rings. The molecule has 1 heterocycles. The monoisotopic (exact) mass is 284 g/mol. The molecule has 0 aromatic rings. The van der Waals surface area contributed by atoms with Gasteiger partial charge in [0.2, 0.25) is 0 Å². The molecule has 0 aromatic heterocycles. The molecule has 0 spiro atoms. The SMILES string of the molecule is CC1COCCN1C(=O)NCC1(C(=O)O)CCCCC1. The van der Waals surface area contributed by atoms with Gasteiger partial charge in [0, 0.05) is 13.1 Å². The minimum Gasteiger partial charge on any atom is -0.481 e. The van der Waals surface area contributed by atoms with Crippen molar-refractivity contribution < 1.29 is 19.4 Å². The molecule has 0 aromatic carbocycles. The number of urea groups is 1. The summed E-state index contributed by atoms with van der Waals surface area (Å²) in [7, 11) is 0. The Labute approximate surface area is 119 Å². The molecule has 1 atom stereocenters. The van der Waals surface area contributed by atoms with Gasteiger partial charge in [-0.25, -0.2) is 4.79 Å². The zero-order chi connectivity index (χ0) is 14.6. The van der Waals surface area contributed by atoms with Gasteiger partial charge in [0.25, 0.3) is 0 Å². The molecule has 2 N–H and O–H groups in total. The normalized spacial score (nSPS) is 26.1. The summed E-state index contributed by atoms with van der Waals surface area (Å²) in [5, 5.41) is 12.3. The number of nitrogens with one attached hydrogen (secondary N) is 1. The molecular formula is C14H24N2O4. The van der Waals surface area contributed by atoms with Gasteiger partial charge in [0.1, 0.15) is 0 Å². The Morgan fingerprint density at radius 2 is 2.05 bits per heavy atom. The molecule has 6 nitrogen and oxygen atoms in total. The predicted molar refractivity (Wildman–Crippen MR) is 73.5 cm³/mol. The highest BCUT2D eigenvalue weighted by Gasteiger charge is 2.40. The number of carboxylic acid groups (broad SMARTS) is 1. The molecule has 114 valence electrons. The fourth-order valence-electron chi connectivity index (χ4n) is 3.07. The minimum absolute atomic E-state index is 0.0379. The lowest BCUT2D eigenvalue weighted by molar-refractivity contribution is -0.150. The molecule has 20 heavy (non-hydrogen) atoms. The Kier molecular flexibility index (Phi) is 4.86. The maximum atomic E-state index is 12.2. The molecule has 1 unspecified atom stereocenters. The van der Waals surface area contributed by atoms with Crippen LogP contribution in [-0.4, -0.2) is 54.4 Å². The van der Waals surface area contributed by atoms with Gasteiger partial charge in [-0.3, -0.25) is 4.79 Å². The van der Waals surface area contributed by atoms with E-state index in [0.717, 1.165) is 19.3 Å². The van der Waals surface area contributed by atoms with E-state index in [4.69, 9.17) is 4.74 Å². The summed E-state index contributed by atoms with van der Waals surface area (Å²) in [4.78, 5) is 25.5. The van der Waals surface area contributed by atoms with E-state index in [9.17, 15) is 14.7 Å². The van der Waals surface area contributed by atoms with Crippen LogP contribution in [0.3, 0.4) is 0 Å². The topological polar surface area (TPSA) is 78.9 Å². The molecule has 0 radical (unpaired) electrons. The van der Waals surface area contributed by atoms with Crippen molar-refractivity contribution in [1.82, 2.24) is 10.2 Å². The van der Waals surface area contributed by atoms with Gasteiger partial charge in [0.15, 0.2) is 0 Å². The largest absolute Gasteiger partial charge is 0.481 e. The molecule has 2 amide bonds. The van der Waals surface area contributed by atoms with Gasteiger partial charge in [-0.1, -0.05) is 19.3 Å². The number of aliphatic carboxylic acids is 1. The van der Waals surface area contributed by atoms with Gasteiger partial charge in [-0.2, -0.15) is 0 Å². The van der Waals surface area contributed by atoms with Crippen LogP contribution in [-0.2, 0) is 9.53 Å². The molecule has 1 saturated heterocycles. The zero-order valence-corrected chi connectivity index (χ0v) is 12.1. The predicted octanol–water partition coefficient (Wildman–Crippen LogP) is 1.45. The summed E-state index contributed by atoms with van der Waals surface area (Å²) in [6.45, 7) is 3.81. The van der Waals surface area contributed by atoms with Crippen molar-refractivity contribution in [3.05, 3.63) is 0 Å². The Balaban J connectivity index is 1.91. The highest BCUT2D eigenvalue weighted by Crippen LogP contribution is 2.36. The highest BCUT2D eigenvalue weighted by atomic mass is 16.5. The smallest absolute Gasteiger partial charge is 0.317 e. The van der Waals surface area contributed by atoms with Crippen LogP contribution in [0.4, 0.5) is 4.79 Å². The third-order valence-electron chi connectivity index (χ3n) is 4.47. The lowest BCUT2D eigenvalue weighted by atomic mass is 9.74. The number of nitrogens with zero attached hydrogens (tertiary/aromatic N) is 1. The van der Waals surface area contributed by atoms with Crippen molar-refractivity contribution in [3.63, 3.8) is 0 Å². The van der Waals surface area contributed by atoms with E-state index >= 15 is 0 Å². The molecule has 6 heteroatoms.